The number of hydrogen-bond donors (Lipinski definition) is 1. The minimum Gasteiger partial charge on any atom is -0.313 e. The van der Waals surface area contributed by atoms with Gasteiger partial charge in [-0.15, -0.1) is 0 Å². The zero-order valence-corrected chi connectivity index (χ0v) is 13.4. The molecule has 2 aliphatic rings. The molecule has 0 radical (unpaired) electrons. The van der Waals surface area contributed by atoms with Gasteiger partial charge in [0.25, 0.3) is 0 Å². The summed E-state index contributed by atoms with van der Waals surface area (Å²) in [4.78, 5) is 0. The molecule has 0 bridgehead atoms. The molecule has 0 atom stereocenters. The van der Waals surface area contributed by atoms with Gasteiger partial charge in [-0.05, 0) is 62.1 Å². The Hall–Kier alpha value is -0.340. The lowest BCUT2D eigenvalue weighted by molar-refractivity contribution is 0.233. The van der Waals surface area contributed by atoms with E-state index in [0.29, 0.717) is 5.41 Å². The summed E-state index contributed by atoms with van der Waals surface area (Å²) in [7, 11) is 0. The molecule has 0 unspecified atom stereocenters. The summed E-state index contributed by atoms with van der Waals surface area (Å²) in [6.45, 7) is 3.58. The van der Waals surface area contributed by atoms with Crippen molar-refractivity contribution in [1.82, 2.24) is 5.32 Å². The van der Waals surface area contributed by atoms with Gasteiger partial charge in [-0.1, -0.05) is 35.0 Å². The molecule has 0 aliphatic heterocycles. The number of rotatable bonds is 4. The van der Waals surface area contributed by atoms with Crippen molar-refractivity contribution in [2.45, 2.75) is 56.9 Å². The Bertz CT molecular complexity index is 413. The molecule has 0 aromatic heterocycles. The van der Waals surface area contributed by atoms with Gasteiger partial charge >= 0.3 is 0 Å². The van der Waals surface area contributed by atoms with Crippen LogP contribution in [0.2, 0.25) is 0 Å². The summed E-state index contributed by atoms with van der Waals surface area (Å²) in [5.74, 6) is 0.907. The summed E-state index contributed by atoms with van der Waals surface area (Å²) in [6.07, 6.45) is 8.20. The Labute approximate surface area is 125 Å². The van der Waals surface area contributed by atoms with E-state index in [0.717, 1.165) is 12.0 Å². The standard InChI is InChI=1S/C17H24BrN/c1-13-8-10-17(11-9-13,12-19-16-6-7-16)14-2-4-15(18)5-3-14/h2-5,13,16,19H,6-12H2,1H3. The maximum Gasteiger partial charge on any atom is 0.0175 e. The van der Waals surface area contributed by atoms with Gasteiger partial charge in [-0.25, -0.2) is 0 Å². The van der Waals surface area contributed by atoms with Crippen molar-refractivity contribution >= 4 is 15.9 Å². The fourth-order valence-electron chi connectivity index (χ4n) is 3.31. The lowest BCUT2D eigenvalue weighted by atomic mass is 9.67. The monoisotopic (exact) mass is 321 g/mol. The summed E-state index contributed by atoms with van der Waals surface area (Å²) < 4.78 is 1.19. The maximum atomic E-state index is 3.78. The van der Waals surface area contributed by atoms with Crippen LogP contribution in [-0.4, -0.2) is 12.6 Å². The van der Waals surface area contributed by atoms with E-state index in [2.05, 4.69) is 52.4 Å². The van der Waals surface area contributed by atoms with Gasteiger partial charge in [-0.3, -0.25) is 0 Å². The van der Waals surface area contributed by atoms with Crippen LogP contribution < -0.4 is 5.32 Å². The van der Waals surface area contributed by atoms with Crippen molar-refractivity contribution in [1.29, 1.82) is 0 Å². The van der Waals surface area contributed by atoms with Crippen LogP contribution in [0.25, 0.3) is 0 Å². The van der Waals surface area contributed by atoms with Gasteiger partial charge in [0.05, 0.1) is 0 Å². The predicted molar refractivity (Wildman–Crippen MR) is 84.5 cm³/mol. The van der Waals surface area contributed by atoms with Gasteiger partial charge in [-0.2, -0.15) is 0 Å². The first-order chi connectivity index (χ1) is 9.18. The van der Waals surface area contributed by atoms with Crippen LogP contribution in [-0.2, 0) is 5.41 Å². The summed E-state index contributed by atoms with van der Waals surface area (Å²) in [5, 5.41) is 3.78. The van der Waals surface area contributed by atoms with Crippen LogP contribution in [0.5, 0.6) is 0 Å². The fraction of sp³-hybridized carbons (Fsp3) is 0.647. The maximum absolute atomic E-state index is 3.78. The third-order valence-corrected chi connectivity index (χ3v) is 5.52. The summed E-state index contributed by atoms with van der Waals surface area (Å²) in [6, 6.07) is 9.87. The molecule has 1 nitrogen and oxygen atoms in total. The molecule has 2 saturated carbocycles. The third-order valence-electron chi connectivity index (χ3n) is 4.99. The highest BCUT2D eigenvalue weighted by atomic mass is 79.9. The van der Waals surface area contributed by atoms with E-state index in [1.54, 1.807) is 0 Å². The van der Waals surface area contributed by atoms with Crippen molar-refractivity contribution < 1.29 is 0 Å². The topological polar surface area (TPSA) is 12.0 Å². The van der Waals surface area contributed by atoms with Crippen LogP contribution in [0.3, 0.4) is 0 Å². The first-order valence-electron chi connectivity index (χ1n) is 7.67. The molecule has 2 heteroatoms. The first kappa shape index (κ1) is 13.6. The molecular weight excluding hydrogens is 298 g/mol. The number of nitrogens with one attached hydrogen (secondary N) is 1. The van der Waals surface area contributed by atoms with Gasteiger partial charge in [0.2, 0.25) is 0 Å². The summed E-state index contributed by atoms with van der Waals surface area (Å²) in [5.41, 5.74) is 1.92. The van der Waals surface area contributed by atoms with E-state index in [1.807, 2.05) is 0 Å². The van der Waals surface area contributed by atoms with E-state index in [-0.39, 0.29) is 0 Å². The van der Waals surface area contributed by atoms with Crippen molar-refractivity contribution in [3.05, 3.63) is 34.3 Å². The molecule has 1 aromatic rings. The lowest BCUT2D eigenvalue weighted by Crippen LogP contribution is -2.41. The molecule has 3 rings (SSSR count). The lowest BCUT2D eigenvalue weighted by Gasteiger charge is -2.40. The van der Waals surface area contributed by atoms with Crippen LogP contribution in [0, 0.1) is 5.92 Å². The molecule has 2 fully saturated rings. The first-order valence-corrected chi connectivity index (χ1v) is 8.47. The average Bonchev–Trinajstić information content (AvgIpc) is 3.24. The predicted octanol–water partition coefficient (Wildman–Crippen LogP) is 4.65. The Morgan fingerprint density at radius 2 is 1.74 bits per heavy atom. The number of halogens is 1. The Kier molecular flexibility index (Phi) is 4.00. The molecule has 1 N–H and O–H groups in total. The molecule has 0 amide bonds. The second kappa shape index (κ2) is 5.57. The van der Waals surface area contributed by atoms with Gasteiger partial charge in [0.1, 0.15) is 0 Å². The normalized spacial score (nSPS) is 31.4. The molecule has 19 heavy (non-hydrogen) atoms. The van der Waals surface area contributed by atoms with E-state index in [9.17, 15) is 0 Å². The van der Waals surface area contributed by atoms with Crippen LogP contribution >= 0.6 is 15.9 Å². The van der Waals surface area contributed by atoms with Gasteiger partial charge < -0.3 is 5.32 Å². The van der Waals surface area contributed by atoms with Crippen molar-refractivity contribution in [3.8, 4) is 0 Å². The molecule has 2 aliphatic carbocycles. The number of hydrogen-bond acceptors (Lipinski definition) is 1. The molecule has 1 aromatic carbocycles. The van der Waals surface area contributed by atoms with Crippen molar-refractivity contribution in [2.75, 3.05) is 6.54 Å². The molecule has 0 spiro atoms. The third kappa shape index (κ3) is 3.22. The van der Waals surface area contributed by atoms with E-state index in [1.165, 1.54) is 55.1 Å². The van der Waals surface area contributed by atoms with E-state index >= 15 is 0 Å². The highest BCUT2D eigenvalue weighted by Gasteiger charge is 2.37. The fourth-order valence-corrected chi connectivity index (χ4v) is 3.58. The highest BCUT2D eigenvalue weighted by Crippen LogP contribution is 2.42. The van der Waals surface area contributed by atoms with Crippen LogP contribution in [0.15, 0.2) is 28.7 Å². The smallest absolute Gasteiger partial charge is 0.0175 e. The highest BCUT2D eigenvalue weighted by molar-refractivity contribution is 9.10. The van der Waals surface area contributed by atoms with E-state index in [4.69, 9.17) is 0 Å². The van der Waals surface area contributed by atoms with Crippen molar-refractivity contribution in [2.24, 2.45) is 5.92 Å². The van der Waals surface area contributed by atoms with Crippen LogP contribution in [0.1, 0.15) is 51.0 Å². The van der Waals surface area contributed by atoms with Gasteiger partial charge in [0, 0.05) is 22.5 Å². The average molecular weight is 322 g/mol. The summed E-state index contributed by atoms with van der Waals surface area (Å²) >= 11 is 3.55. The minimum absolute atomic E-state index is 0.385. The Morgan fingerprint density at radius 1 is 1.11 bits per heavy atom. The SMILES string of the molecule is CC1CCC(CNC2CC2)(c2ccc(Br)cc2)CC1. The molecule has 104 valence electrons. The zero-order valence-electron chi connectivity index (χ0n) is 11.8. The van der Waals surface area contributed by atoms with E-state index < -0.39 is 0 Å². The second-order valence-corrected chi connectivity index (χ2v) is 7.54. The minimum atomic E-state index is 0.385. The Morgan fingerprint density at radius 3 is 2.32 bits per heavy atom. The van der Waals surface area contributed by atoms with Crippen LogP contribution in [0.4, 0.5) is 0 Å². The molecule has 0 saturated heterocycles. The largest absolute Gasteiger partial charge is 0.313 e. The van der Waals surface area contributed by atoms with Gasteiger partial charge in [0.15, 0.2) is 0 Å². The van der Waals surface area contributed by atoms with Crippen molar-refractivity contribution in [3.63, 3.8) is 0 Å². The molecule has 0 heterocycles. The number of benzene rings is 1. The second-order valence-electron chi connectivity index (χ2n) is 6.62. The zero-order chi connectivity index (χ0) is 13.3. The molecular formula is C17H24BrN. The quantitative estimate of drug-likeness (QED) is 0.851. The Balaban J connectivity index is 1.79.